The summed E-state index contributed by atoms with van der Waals surface area (Å²) in [7, 11) is 1.24. The molecule has 1 N–H and O–H groups in total. The van der Waals surface area contributed by atoms with Crippen molar-refractivity contribution in [3.63, 3.8) is 0 Å². The van der Waals surface area contributed by atoms with E-state index in [-0.39, 0.29) is 0 Å². The van der Waals surface area contributed by atoms with E-state index in [4.69, 9.17) is 0 Å². The molecule has 1 aliphatic rings. The summed E-state index contributed by atoms with van der Waals surface area (Å²) in [6, 6.07) is 0. The van der Waals surface area contributed by atoms with Crippen molar-refractivity contribution in [1.29, 1.82) is 0 Å². The van der Waals surface area contributed by atoms with Crippen molar-refractivity contribution in [2.75, 3.05) is 19.8 Å². The summed E-state index contributed by atoms with van der Waals surface area (Å²) in [5, 5.41) is 9.46. The first-order chi connectivity index (χ1) is 7.37. The maximum Gasteiger partial charge on any atom is 0.123 e. The third-order valence-electron chi connectivity index (χ3n) is 2.86. The van der Waals surface area contributed by atoms with Crippen LogP contribution in [0.3, 0.4) is 0 Å². The molecule has 0 spiro atoms. The van der Waals surface area contributed by atoms with Gasteiger partial charge in [-0.15, -0.1) is 0 Å². The highest BCUT2D eigenvalue weighted by atomic mass is 28.3. The third-order valence-corrected chi connectivity index (χ3v) is 4.35. The Hall–Kier alpha value is -0.283. The molecule has 0 aromatic carbocycles. The lowest BCUT2D eigenvalue weighted by Gasteiger charge is -2.20. The first-order valence-corrected chi connectivity index (χ1v) is 10.0. The van der Waals surface area contributed by atoms with Gasteiger partial charge in [-0.2, -0.15) is 4.90 Å². The quantitative estimate of drug-likeness (QED) is 0.579. The zero-order valence-electron chi connectivity index (χ0n) is 11.2. The van der Waals surface area contributed by atoms with E-state index in [0.29, 0.717) is 5.76 Å². The number of nitrogens with zero attached hydrogens (tertiary/aromatic N) is 1. The van der Waals surface area contributed by atoms with Crippen LogP contribution in [0.2, 0.25) is 19.6 Å². The highest BCUT2D eigenvalue weighted by molar-refractivity contribution is 6.76. The van der Waals surface area contributed by atoms with Crippen LogP contribution in [0.1, 0.15) is 25.7 Å². The first kappa shape index (κ1) is 13.8. The molecule has 3 heteroatoms. The summed E-state index contributed by atoms with van der Waals surface area (Å²) in [5.74, 6) is 2.00. The lowest BCUT2D eigenvalue weighted by Crippen LogP contribution is -2.42. The Labute approximate surface area is 101 Å². The van der Waals surface area contributed by atoms with E-state index in [1.54, 1.807) is 0 Å². The van der Waals surface area contributed by atoms with Crippen LogP contribution >= 0.6 is 0 Å². The number of aliphatic hydroxyl groups excluding tert-OH is 1. The molecule has 2 nitrogen and oxygen atoms in total. The fourth-order valence-corrected chi connectivity index (χ4v) is 4.07. The number of allylic oxidation sites excluding steroid dienone is 2. The highest BCUT2D eigenvalue weighted by Gasteiger charge is 2.24. The number of rotatable bonds is 5. The Morgan fingerprint density at radius 2 is 2.00 bits per heavy atom. The van der Waals surface area contributed by atoms with Crippen LogP contribution in [0.4, 0.5) is 0 Å². The molecule has 0 atom stereocenters. The predicted molar refractivity (Wildman–Crippen MR) is 73.6 cm³/mol. The smallest absolute Gasteiger partial charge is 0.123 e. The first-order valence-electron chi connectivity index (χ1n) is 6.29. The van der Waals surface area contributed by atoms with Gasteiger partial charge in [-0.25, -0.2) is 0 Å². The summed E-state index contributed by atoms with van der Waals surface area (Å²) in [6.45, 7) is 8.35. The average Bonchev–Trinajstić information content (AvgIpc) is 2.12. The van der Waals surface area contributed by atoms with Gasteiger partial charge in [0, 0.05) is 18.8 Å². The van der Waals surface area contributed by atoms with Crippen LogP contribution in [-0.4, -0.2) is 32.9 Å². The molecule has 16 heavy (non-hydrogen) atoms. The monoisotopic (exact) mass is 240 g/mol. The summed E-state index contributed by atoms with van der Waals surface area (Å²) >= 11 is 0. The minimum atomic E-state index is -0.969. The number of hydrogen-bond donors (Lipinski definition) is 1. The Morgan fingerprint density at radius 3 is 2.56 bits per heavy atom. The summed E-state index contributed by atoms with van der Waals surface area (Å²) < 4.78 is 0. The molecule has 0 amide bonds. The van der Waals surface area contributed by atoms with Gasteiger partial charge in [0.05, 0.1) is 5.76 Å². The van der Waals surface area contributed by atoms with Gasteiger partial charge in [-0.3, -0.25) is 0 Å². The van der Waals surface area contributed by atoms with Crippen molar-refractivity contribution in [3.05, 3.63) is 17.8 Å². The topological polar surface area (TPSA) is 26.1 Å². The second-order valence-corrected chi connectivity index (χ2v) is 11.6. The van der Waals surface area contributed by atoms with E-state index in [0.717, 1.165) is 25.8 Å². The molecule has 1 rings (SSSR count). The SMILES string of the molecule is C[N+](CC[C]1C=C(O)CCC1)C[Si](C)(C)C. The minimum Gasteiger partial charge on any atom is -0.513 e. The van der Waals surface area contributed by atoms with Crippen molar-refractivity contribution >= 4 is 8.07 Å². The van der Waals surface area contributed by atoms with E-state index >= 15 is 0 Å². The highest BCUT2D eigenvalue weighted by Crippen LogP contribution is 2.25. The molecule has 0 bridgehead atoms. The summed E-state index contributed by atoms with van der Waals surface area (Å²) in [6.07, 6.45) is 7.53. The summed E-state index contributed by atoms with van der Waals surface area (Å²) in [5.41, 5.74) is 0. The van der Waals surface area contributed by atoms with Crippen molar-refractivity contribution in [1.82, 2.24) is 4.90 Å². The molecule has 0 unspecified atom stereocenters. The molecular weight excluding hydrogens is 214 g/mol. The van der Waals surface area contributed by atoms with Gasteiger partial charge in [0.1, 0.15) is 27.8 Å². The van der Waals surface area contributed by atoms with Crippen LogP contribution in [0, 0.1) is 5.92 Å². The fraction of sp³-hybridized carbons (Fsp3) is 0.769. The lowest BCUT2D eigenvalue weighted by molar-refractivity contribution is 0.368. The van der Waals surface area contributed by atoms with Crippen molar-refractivity contribution in [3.8, 4) is 0 Å². The zero-order chi connectivity index (χ0) is 12.2. The lowest BCUT2D eigenvalue weighted by atomic mass is 9.92. The minimum absolute atomic E-state index is 0.578. The molecule has 0 aromatic heterocycles. The van der Waals surface area contributed by atoms with Gasteiger partial charge in [-0.05, 0) is 18.9 Å². The maximum absolute atomic E-state index is 9.46. The molecule has 0 aliphatic heterocycles. The average molecular weight is 240 g/mol. The molecule has 2 radical (unpaired) electrons. The van der Waals surface area contributed by atoms with Crippen molar-refractivity contribution in [2.45, 2.75) is 45.3 Å². The van der Waals surface area contributed by atoms with E-state index in [1.807, 2.05) is 6.08 Å². The third kappa shape index (κ3) is 5.71. The van der Waals surface area contributed by atoms with Gasteiger partial charge in [0.25, 0.3) is 0 Å². The van der Waals surface area contributed by atoms with E-state index in [9.17, 15) is 5.11 Å². The van der Waals surface area contributed by atoms with Crippen LogP contribution in [0.5, 0.6) is 0 Å². The Balaban J connectivity index is 2.26. The van der Waals surface area contributed by atoms with E-state index in [1.165, 1.54) is 18.5 Å². The van der Waals surface area contributed by atoms with Crippen molar-refractivity contribution in [2.24, 2.45) is 0 Å². The summed E-state index contributed by atoms with van der Waals surface area (Å²) in [4.78, 5) is 2.44. The number of hydrogen-bond acceptors (Lipinski definition) is 2. The van der Waals surface area contributed by atoms with Crippen LogP contribution in [0.25, 0.3) is 0 Å². The maximum atomic E-state index is 9.46. The molecule has 0 aromatic rings. The predicted octanol–water partition coefficient (Wildman–Crippen LogP) is 3.22. The largest absolute Gasteiger partial charge is 0.513 e. The van der Waals surface area contributed by atoms with Gasteiger partial charge in [0.15, 0.2) is 0 Å². The van der Waals surface area contributed by atoms with Gasteiger partial charge >= 0.3 is 0 Å². The Morgan fingerprint density at radius 1 is 1.31 bits per heavy atom. The normalized spacial score (nSPS) is 18.9. The van der Waals surface area contributed by atoms with Gasteiger partial charge in [-0.1, -0.05) is 19.6 Å². The number of aliphatic hydroxyl groups is 1. The van der Waals surface area contributed by atoms with Crippen molar-refractivity contribution < 1.29 is 5.11 Å². The second kappa shape index (κ2) is 5.87. The van der Waals surface area contributed by atoms with Gasteiger partial charge in [0.2, 0.25) is 0 Å². The zero-order valence-corrected chi connectivity index (χ0v) is 12.2. The molecule has 92 valence electrons. The van der Waals surface area contributed by atoms with E-state index in [2.05, 4.69) is 31.6 Å². The molecule has 1 aliphatic carbocycles. The standard InChI is InChI=1S/C13H26NOSi/c1-14(11-16(2,3)4)9-8-12-6-5-7-13(15)10-12/h10,15H,5-9,11H2,1-4H3/q+1. The fourth-order valence-electron chi connectivity index (χ4n) is 2.30. The van der Waals surface area contributed by atoms with Crippen LogP contribution in [-0.2, 0) is 0 Å². The Kier molecular flexibility index (Phi) is 5.06. The molecule has 0 saturated carbocycles. The van der Waals surface area contributed by atoms with E-state index < -0.39 is 8.07 Å². The second-order valence-electron chi connectivity index (χ2n) is 6.20. The molecule has 0 heterocycles. The Bertz CT molecular complexity index is 245. The van der Waals surface area contributed by atoms with Crippen LogP contribution in [0.15, 0.2) is 11.8 Å². The molecular formula is C13H26NOSi+. The van der Waals surface area contributed by atoms with Crippen LogP contribution < -0.4 is 4.90 Å². The molecule has 0 fully saturated rings. The molecule has 0 saturated heterocycles. The van der Waals surface area contributed by atoms with Gasteiger partial charge < -0.3 is 5.11 Å².